The van der Waals surface area contributed by atoms with Crippen LogP contribution in [0.5, 0.6) is 0 Å². The molecule has 0 aliphatic rings. The summed E-state index contributed by atoms with van der Waals surface area (Å²) in [5.41, 5.74) is 9.88. The Morgan fingerprint density at radius 1 is 0.788 bits per heavy atom. The molecule has 0 spiro atoms. The van der Waals surface area contributed by atoms with Crippen LogP contribution in [0.3, 0.4) is 0 Å². The van der Waals surface area contributed by atoms with Gasteiger partial charge in [0.15, 0.2) is 22.5 Å². The second-order valence-corrected chi connectivity index (χ2v) is 8.49. The predicted molar refractivity (Wildman–Crippen MR) is 132 cm³/mol. The number of fused-ring (bicyclic) bond motifs is 2. The number of hydrogen-bond donors (Lipinski definition) is 0. The minimum absolute atomic E-state index is 0.683. The Morgan fingerprint density at radius 2 is 1.48 bits per heavy atom. The molecule has 0 radical (unpaired) electrons. The highest BCUT2D eigenvalue weighted by Gasteiger charge is 2.27. The number of aryl methyl sites for hydroxylation is 3. The fourth-order valence-corrected chi connectivity index (χ4v) is 4.75. The Balaban J connectivity index is 1.60. The molecule has 0 unspecified atom stereocenters. The summed E-state index contributed by atoms with van der Waals surface area (Å²) in [5.74, 6) is 1.79. The normalized spacial score (nSPS) is 11.5. The number of oxazole rings is 1. The molecule has 33 heavy (non-hydrogen) atoms. The van der Waals surface area contributed by atoms with Crippen LogP contribution in [0.15, 0.2) is 95.4 Å². The van der Waals surface area contributed by atoms with E-state index in [1.165, 1.54) is 16.6 Å². The van der Waals surface area contributed by atoms with Gasteiger partial charge in [-0.3, -0.25) is 0 Å². The van der Waals surface area contributed by atoms with Gasteiger partial charge in [0.25, 0.3) is 5.82 Å². The number of nitrogens with zero attached hydrogens (tertiary/aromatic N) is 3. The summed E-state index contributed by atoms with van der Waals surface area (Å²) in [6.07, 6.45) is 0. The number of benzene rings is 4. The molecule has 6 rings (SSSR count). The molecule has 2 heterocycles. The molecule has 0 aliphatic carbocycles. The Morgan fingerprint density at radius 3 is 2.27 bits per heavy atom. The third-order valence-corrected chi connectivity index (χ3v) is 6.33. The molecule has 0 saturated carbocycles. The Kier molecular flexibility index (Phi) is 4.40. The standard InChI is InChI=1S/C29H24N3O/c1-19-17-25-28(33-20(2)30-25)18-24(19)29-31(3)26-11-7-8-12-27(26)32(29)23-15-13-22(14-16-23)21-9-5-4-6-10-21/h4-18H,1-3H3/q+1. The van der Waals surface area contributed by atoms with Gasteiger partial charge in [-0.05, 0) is 60.0 Å². The van der Waals surface area contributed by atoms with Gasteiger partial charge in [0, 0.05) is 6.92 Å². The number of hydrogen-bond acceptors (Lipinski definition) is 2. The van der Waals surface area contributed by atoms with Gasteiger partial charge in [0.05, 0.1) is 12.6 Å². The maximum Gasteiger partial charge on any atom is 0.295 e. The molecule has 0 fully saturated rings. The molecule has 0 N–H and O–H groups in total. The lowest BCUT2D eigenvalue weighted by atomic mass is 10.0. The van der Waals surface area contributed by atoms with Crippen molar-refractivity contribution in [2.24, 2.45) is 7.05 Å². The first-order valence-electron chi connectivity index (χ1n) is 11.1. The van der Waals surface area contributed by atoms with Crippen molar-refractivity contribution in [3.63, 3.8) is 0 Å². The van der Waals surface area contributed by atoms with Crippen LogP contribution in [0.25, 0.3) is 50.3 Å². The number of rotatable bonds is 3. The third-order valence-electron chi connectivity index (χ3n) is 6.33. The predicted octanol–water partition coefficient (Wildman–Crippen LogP) is 6.55. The molecule has 4 heteroatoms. The molecule has 0 saturated heterocycles. The first kappa shape index (κ1) is 19.5. The van der Waals surface area contributed by atoms with Crippen LogP contribution in [0.1, 0.15) is 11.5 Å². The summed E-state index contributed by atoms with van der Waals surface area (Å²) in [6, 6.07) is 32.0. The van der Waals surface area contributed by atoms with E-state index in [1.807, 2.05) is 13.0 Å². The average Bonchev–Trinajstić information content (AvgIpc) is 3.35. The smallest absolute Gasteiger partial charge is 0.295 e. The third kappa shape index (κ3) is 3.14. The minimum atomic E-state index is 0.683. The molecular formula is C29H24N3O+. The van der Waals surface area contributed by atoms with Crippen molar-refractivity contribution in [2.45, 2.75) is 13.8 Å². The maximum absolute atomic E-state index is 5.88. The summed E-state index contributed by atoms with van der Waals surface area (Å²) in [5, 5.41) is 0. The van der Waals surface area contributed by atoms with Gasteiger partial charge in [0.1, 0.15) is 11.2 Å². The lowest BCUT2D eigenvalue weighted by Crippen LogP contribution is -2.30. The molecule has 2 aromatic heterocycles. The van der Waals surface area contributed by atoms with E-state index >= 15 is 0 Å². The van der Waals surface area contributed by atoms with Gasteiger partial charge in [-0.25, -0.2) is 9.55 Å². The number of para-hydroxylation sites is 2. The zero-order chi connectivity index (χ0) is 22.5. The summed E-state index contributed by atoms with van der Waals surface area (Å²) < 4.78 is 10.5. The van der Waals surface area contributed by atoms with Crippen molar-refractivity contribution in [1.82, 2.24) is 9.55 Å². The average molecular weight is 431 g/mol. The van der Waals surface area contributed by atoms with Crippen LogP contribution in [0, 0.1) is 13.8 Å². The zero-order valence-corrected chi connectivity index (χ0v) is 18.9. The van der Waals surface area contributed by atoms with Gasteiger partial charge in [0.2, 0.25) is 0 Å². The largest absolute Gasteiger partial charge is 0.441 e. The summed E-state index contributed by atoms with van der Waals surface area (Å²) in [6.45, 7) is 4.03. The second-order valence-electron chi connectivity index (χ2n) is 8.49. The highest BCUT2D eigenvalue weighted by molar-refractivity contribution is 5.84. The van der Waals surface area contributed by atoms with E-state index in [-0.39, 0.29) is 0 Å². The van der Waals surface area contributed by atoms with Gasteiger partial charge in [-0.2, -0.15) is 4.57 Å². The van der Waals surface area contributed by atoms with Crippen molar-refractivity contribution in [3.8, 4) is 28.2 Å². The molecule has 4 nitrogen and oxygen atoms in total. The Bertz CT molecular complexity index is 1620. The van der Waals surface area contributed by atoms with Gasteiger partial charge >= 0.3 is 0 Å². The van der Waals surface area contributed by atoms with Crippen LogP contribution in [-0.2, 0) is 7.05 Å². The minimum Gasteiger partial charge on any atom is -0.441 e. The molecule has 0 atom stereocenters. The topological polar surface area (TPSA) is 34.8 Å². The van der Waals surface area contributed by atoms with Crippen LogP contribution >= 0.6 is 0 Å². The first-order chi connectivity index (χ1) is 16.1. The molecule has 4 aromatic carbocycles. The van der Waals surface area contributed by atoms with Crippen LogP contribution < -0.4 is 4.57 Å². The molecule has 0 amide bonds. The quantitative estimate of drug-likeness (QED) is 0.299. The summed E-state index contributed by atoms with van der Waals surface area (Å²) in [7, 11) is 2.13. The Hall–Kier alpha value is -4.18. The lowest BCUT2D eigenvalue weighted by Gasteiger charge is -2.08. The van der Waals surface area contributed by atoms with E-state index in [0.29, 0.717) is 5.89 Å². The highest BCUT2D eigenvalue weighted by atomic mass is 16.3. The number of aromatic nitrogens is 3. The summed E-state index contributed by atoms with van der Waals surface area (Å²) in [4.78, 5) is 4.51. The van der Waals surface area contributed by atoms with Gasteiger partial charge in [-0.15, -0.1) is 0 Å². The highest BCUT2D eigenvalue weighted by Crippen LogP contribution is 2.32. The molecular weight excluding hydrogens is 406 g/mol. The van der Waals surface area contributed by atoms with Gasteiger partial charge < -0.3 is 4.42 Å². The monoisotopic (exact) mass is 430 g/mol. The van der Waals surface area contributed by atoms with E-state index in [2.05, 4.69) is 113 Å². The zero-order valence-electron chi connectivity index (χ0n) is 18.9. The Labute approximate surface area is 192 Å². The second kappa shape index (κ2) is 7.45. The molecule has 0 bridgehead atoms. The lowest BCUT2D eigenvalue weighted by molar-refractivity contribution is -0.633. The van der Waals surface area contributed by atoms with Crippen molar-refractivity contribution in [2.75, 3.05) is 0 Å². The van der Waals surface area contributed by atoms with Crippen LogP contribution in [0.2, 0.25) is 0 Å². The van der Waals surface area contributed by atoms with Crippen molar-refractivity contribution < 1.29 is 8.98 Å². The first-order valence-corrected chi connectivity index (χ1v) is 11.1. The van der Waals surface area contributed by atoms with E-state index < -0.39 is 0 Å². The van der Waals surface area contributed by atoms with E-state index in [0.717, 1.165) is 39.3 Å². The summed E-state index contributed by atoms with van der Waals surface area (Å²) >= 11 is 0. The van der Waals surface area contributed by atoms with Gasteiger partial charge in [-0.1, -0.05) is 54.6 Å². The maximum atomic E-state index is 5.88. The fraction of sp³-hybridized carbons (Fsp3) is 0.103. The number of imidazole rings is 1. The van der Waals surface area contributed by atoms with E-state index in [1.54, 1.807) is 0 Å². The molecule has 0 aliphatic heterocycles. The van der Waals surface area contributed by atoms with Crippen LogP contribution in [-0.4, -0.2) is 9.55 Å². The SMILES string of the molecule is Cc1nc2cc(C)c(-c3n(-c4ccc(-c5ccccc5)cc4)c4ccccc4[n+]3C)cc2o1. The van der Waals surface area contributed by atoms with Crippen molar-refractivity contribution in [3.05, 3.63) is 102 Å². The molecule has 160 valence electrons. The van der Waals surface area contributed by atoms with Crippen molar-refractivity contribution in [1.29, 1.82) is 0 Å². The van der Waals surface area contributed by atoms with E-state index in [4.69, 9.17) is 4.42 Å². The van der Waals surface area contributed by atoms with Crippen molar-refractivity contribution >= 4 is 22.1 Å². The molecule has 6 aromatic rings. The van der Waals surface area contributed by atoms with E-state index in [9.17, 15) is 0 Å². The fourth-order valence-electron chi connectivity index (χ4n) is 4.75. The van der Waals surface area contributed by atoms with Crippen LogP contribution in [0.4, 0.5) is 0 Å².